The molecule has 5 nitrogen and oxygen atoms in total. The molecular formula is C24H18Cl2N2O3. The molecule has 31 heavy (non-hydrogen) atoms. The number of anilines is 2. The molecule has 0 unspecified atom stereocenters. The molecule has 156 valence electrons. The monoisotopic (exact) mass is 452 g/mol. The number of ether oxygens (including phenoxy) is 1. The lowest BCUT2D eigenvalue weighted by Crippen LogP contribution is -2.38. The minimum atomic E-state index is -0.320. The summed E-state index contributed by atoms with van der Waals surface area (Å²) in [6.07, 6.45) is 3.00. The molecule has 1 aliphatic rings. The van der Waals surface area contributed by atoms with Crippen molar-refractivity contribution in [3.8, 4) is 5.75 Å². The lowest BCUT2D eigenvalue weighted by Gasteiger charge is -2.29. The highest BCUT2D eigenvalue weighted by Crippen LogP contribution is 2.35. The number of halogens is 2. The Balaban J connectivity index is 1.48. The second-order valence-electron chi connectivity index (χ2n) is 6.93. The lowest BCUT2D eigenvalue weighted by molar-refractivity contribution is -0.121. The topological polar surface area (TPSA) is 58.6 Å². The lowest BCUT2D eigenvalue weighted by atomic mass is 10.1. The van der Waals surface area contributed by atoms with E-state index in [1.165, 1.54) is 6.08 Å². The normalized spacial score (nSPS) is 13.1. The molecule has 0 bridgehead atoms. The van der Waals surface area contributed by atoms with Gasteiger partial charge in [0.15, 0.2) is 6.61 Å². The van der Waals surface area contributed by atoms with E-state index in [9.17, 15) is 9.59 Å². The van der Waals surface area contributed by atoms with Crippen LogP contribution >= 0.6 is 23.2 Å². The summed E-state index contributed by atoms with van der Waals surface area (Å²) in [5.41, 5.74) is 2.93. The highest BCUT2D eigenvalue weighted by molar-refractivity contribution is 6.35. The van der Waals surface area contributed by atoms with E-state index in [0.717, 1.165) is 5.56 Å². The molecule has 0 saturated heterocycles. The fraction of sp³-hybridized carbons (Fsp3) is 0.0833. The van der Waals surface area contributed by atoms with Crippen LogP contribution in [0.25, 0.3) is 6.08 Å². The highest BCUT2D eigenvalue weighted by atomic mass is 35.5. The van der Waals surface area contributed by atoms with Crippen molar-refractivity contribution in [1.82, 2.24) is 0 Å². The molecule has 0 spiro atoms. The number of amides is 2. The molecule has 0 atom stereocenters. The summed E-state index contributed by atoms with van der Waals surface area (Å²) in [6, 6.07) is 20.0. The number of benzene rings is 3. The number of carbonyl (C=O) groups excluding carboxylic acids is 2. The van der Waals surface area contributed by atoms with Crippen molar-refractivity contribution in [1.29, 1.82) is 0 Å². The third-order valence-electron chi connectivity index (χ3n) is 4.73. The third-order valence-corrected chi connectivity index (χ3v) is 5.29. The van der Waals surface area contributed by atoms with Gasteiger partial charge in [-0.05, 0) is 41.5 Å². The van der Waals surface area contributed by atoms with Gasteiger partial charge in [0.1, 0.15) is 5.75 Å². The first-order chi connectivity index (χ1) is 15.0. The van der Waals surface area contributed by atoms with Gasteiger partial charge in [0.2, 0.25) is 5.91 Å². The first-order valence-corrected chi connectivity index (χ1v) is 10.3. The first kappa shape index (κ1) is 21.0. The van der Waals surface area contributed by atoms with E-state index in [-0.39, 0.29) is 18.4 Å². The van der Waals surface area contributed by atoms with Gasteiger partial charge in [0, 0.05) is 27.9 Å². The fourth-order valence-corrected chi connectivity index (χ4v) is 3.68. The van der Waals surface area contributed by atoms with E-state index in [4.69, 9.17) is 27.9 Å². The van der Waals surface area contributed by atoms with Crippen LogP contribution in [0.1, 0.15) is 11.1 Å². The van der Waals surface area contributed by atoms with Gasteiger partial charge in [-0.1, -0.05) is 59.6 Å². The standard InChI is InChI=1S/C24H18Cl2N2O3/c25-18-8-6-17(20(26)12-18)7-11-23(29)27-19-9-10-21-22(13-19)31-15-24(30)28(21)14-16-4-2-1-3-5-16/h1-13H,14-15H2,(H,27,29)/b11-7+. The maximum atomic E-state index is 12.4. The summed E-state index contributed by atoms with van der Waals surface area (Å²) < 4.78 is 5.59. The molecular weight excluding hydrogens is 435 g/mol. The van der Waals surface area contributed by atoms with E-state index in [0.29, 0.717) is 39.3 Å². The number of nitrogens with one attached hydrogen (secondary N) is 1. The first-order valence-electron chi connectivity index (χ1n) is 9.55. The summed E-state index contributed by atoms with van der Waals surface area (Å²) in [5.74, 6) is 0.105. The maximum Gasteiger partial charge on any atom is 0.265 e. The van der Waals surface area contributed by atoms with Crippen LogP contribution in [0.3, 0.4) is 0 Å². The van der Waals surface area contributed by atoms with Crippen molar-refractivity contribution in [2.24, 2.45) is 0 Å². The quantitative estimate of drug-likeness (QED) is 0.514. The van der Waals surface area contributed by atoms with E-state index < -0.39 is 0 Å². The maximum absolute atomic E-state index is 12.4. The second kappa shape index (κ2) is 9.25. The molecule has 1 heterocycles. The smallest absolute Gasteiger partial charge is 0.265 e. The van der Waals surface area contributed by atoms with E-state index in [2.05, 4.69) is 5.32 Å². The molecule has 0 radical (unpaired) electrons. The van der Waals surface area contributed by atoms with Crippen LogP contribution in [0.4, 0.5) is 11.4 Å². The zero-order valence-electron chi connectivity index (χ0n) is 16.3. The van der Waals surface area contributed by atoms with Crippen molar-refractivity contribution in [2.75, 3.05) is 16.8 Å². The number of hydrogen-bond donors (Lipinski definition) is 1. The summed E-state index contributed by atoms with van der Waals surface area (Å²) in [6.45, 7) is 0.401. The van der Waals surface area contributed by atoms with Crippen LogP contribution in [-0.4, -0.2) is 18.4 Å². The van der Waals surface area contributed by atoms with Crippen LogP contribution in [0, 0.1) is 0 Å². The summed E-state index contributed by atoms with van der Waals surface area (Å²) >= 11 is 12.0. The highest BCUT2D eigenvalue weighted by Gasteiger charge is 2.26. The third kappa shape index (κ3) is 5.08. The molecule has 2 amide bonds. The number of carbonyl (C=O) groups is 2. The Kier molecular flexibility index (Phi) is 6.26. The number of hydrogen-bond acceptors (Lipinski definition) is 3. The molecule has 3 aromatic rings. The van der Waals surface area contributed by atoms with Crippen molar-refractivity contribution in [3.63, 3.8) is 0 Å². The van der Waals surface area contributed by atoms with Crippen LogP contribution in [0.5, 0.6) is 5.75 Å². The summed E-state index contributed by atoms with van der Waals surface area (Å²) in [7, 11) is 0. The van der Waals surface area contributed by atoms with Crippen molar-refractivity contribution in [2.45, 2.75) is 6.54 Å². The molecule has 4 rings (SSSR count). The van der Waals surface area contributed by atoms with Crippen molar-refractivity contribution in [3.05, 3.63) is 94.0 Å². The van der Waals surface area contributed by atoms with Gasteiger partial charge < -0.3 is 15.0 Å². The SMILES string of the molecule is O=C(/C=C/c1ccc(Cl)cc1Cl)Nc1ccc2c(c1)OCC(=O)N2Cc1ccccc1. The molecule has 1 aliphatic heterocycles. The Labute approximate surface area is 189 Å². The van der Waals surface area contributed by atoms with E-state index >= 15 is 0 Å². The molecule has 7 heteroatoms. The Hall–Kier alpha value is -3.28. The zero-order valence-corrected chi connectivity index (χ0v) is 17.9. The number of nitrogens with zero attached hydrogens (tertiary/aromatic N) is 1. The summed E-state index contributed by atoms with van der Waals surface area (Å²) in [4.78, 5) is 26.4. The van der Waals surface area contributed by atoms with Gasteiger partial charge >= 0.3 is 0 Å². The zero-order chi connectivity index (χ0) is 21.8. The average molecular weight is 453 g/mol. The Bertz CT molecular complexity index is 1160. The van der Waals surface area contributed by atoms with Crippen molar-refractivity contribution >= 4 is 52.5 Å². The fourth-order valence-electron chi connectivity index (χ4n) is 3.21. The molecule has 1 N–H and O–H groups in total. The summed E-state index contributed by atoms with van der Waals surface area (Å²) in [5, 5.41) is 3.78. The second-order valence-corrected chi connectivity index (χ2v) is 7.77. The minimum Gasteiger partial charge on any atom is -0.481 e. The van der Waals surface area contributed by atoms with Crippen LogP contribution in [-0.2, 0) is 16.1 Å². The predicted octanol–water partition coefficient (Wildman–Crippen LogP) is 5.57. The Morgan fingerprint density at radius 2 is 1.87 bits per heavy atom. The molecule has 0 saturated carbocycles. The minimum absolute atomic E-state index is 0.0494. The van der Waals surface area contributed by atoms with Gasteiger partial charge in [0.25, 0.3) is 5.91 Å². The molecule has 0 aliphatic carbocycles. The number of fused-ring (bicyclic) bond motifs is 1. The Morgan fingerprint density at radius 1 is 1.06 bits per heavy atom. The van der Waals surface area contributed by atoms with Gasteiger partial charge in [-0.25, -0.2) is 0 Å². The number of rotatable bonds is 5. The Morgan fingerprint density at radius 3 is 2.65 bits per heavy atom. The average Bonchev–Trinajstić information content (AvgIpc) is 2.76. The van der Waals surface area contributed by atoms with E-state index in [1.54, 1.807) is 47.4 Å². The van der Waals surface area contributed by atoms with Crippen LogP contribution in [0.2, 0.25) is 10.0 Å². The van der Waals surface area contributed by atoms with Gasteiger partial charge in [-0.3, -0.25) is 9.59 Å². The molecule has 0 aromatic heterocycles. The predicted molar refractivity (Wildman–Crippen MR) is 124 cm³/mol. The van der Waals surface area contributed by atoms with Gasteiger partial charge in [-0.2, -0.15) is 0 Å². The van der Waals surface area contributed by atoms with Gasteiger partial charge in [-0.15, -0.1) is 0 Å². The van der Waals surface area contributed by atoms with Crippen LogP contribution < -0.4 is 15.0 Å². The van der Waals surface area contributed by atoms with Crippen LogP contribution in [0.15, 0.2) is 72.8 Å². The van der Waals surface area contributed by atoms with Gasteiger partial charge in [0.05, 0.1) is 12.2 Å². The van der Waals surface area contributed by atoms with E-state index in [1.807, 2.05) is 30.3 Å². The molecule has 3 aromatic carbocycles. The van der Waals surface area contributed by atoms with Crippen molar-refractivity contribution < 1.29 is 14.3 Å². The largest absolute Gasteiger partial charge is 0.481 e. The molecule has 0 fully saturated rings.